The van der Waals surface area contributed by atoms with Gasteiger partial charge in [0.15, 0.2) is 11.5 Å². The molecule has 21 heavy (non-hydrogen) atoms. The van der Waals surface area contributed by atoms with Gasteiger partial charge < -0.3 is 19.9 Å². The number of hydrogen-bond acceptors (Lipinski definition) is 4. The van der Waals surface area contributed by atoms with Gasteiger partial charge in [0.1, 0.15) is 0 Å². The first kappa shape index (κ1) is 15.6. The van der Waals surface area contributed by atoms with E-state index in [1.165, 1.54) is 0 Å². The number of hydrogen-bond donors (Lipinski definition) is 2. The van der Waals surface area contributed by atoms with E-state index in [4.69, 9.17) is 9.47 Å². The van der Waals surface area contributed by atoms with Crippen LogP contribution in [0.25, 0.3) is 0 Å². The monoisotopic (exact) mass is 293 g/mol. The second-order valence-corrected chi connectivity index (χ2v) is 5.45. The van der Waals surface area contributed by atoms with Crippen molar-refractivity contribution in [1.82, 2.24) is 5.32 Å². The first-order valence-electron chi connectivity index (χ1n) is 7.32. The number of carbonyl (C=O) groups is 1. The summed E-state index contributed by atoms with van der Waals surface area (Å²) in [5, 5.41) is 12.4. The quantitative estimate of drug-likeness (QED) is 0.871. The summed E-state index contributed by atoms with van der Waals surface area (Å²) in [5.74, 6) is 1.50. The van der Waals surface area contributed by atoms with Crippen molar-refractivity contribution in [2.45, 2.75) is 31.8 Å². The summed E-state index contributed by atoms with van der Waals surface area (Å²) in [4.78, 5) is 12.2. The highest BCUT2D eigenvalue weighted by Crippen LogP contribution is 2.27. The number of amides is 1. The van der Waals surface area contributed by atoms with Gasteiger partial charge in [-0.3, -0.25) is 4.79 Å². The van der Waals surface area contributed by atoms with Gasteiger partial charge in [0.05, 0.1) is 20.3 Å². The Labute approximate surface area is 125 Å². The van der Waals surface area contributed by atoms with Crippen LogP contribution in [-0.4, -0.2) is 37.9 Å². The number of benzene rings is 1. The maximum Gasteiger partial charge on any atom is 0.251 e. The summed E-state index contributed by atoms with van der Waals surface area (Å²) >= 11 is 0. The van der Waals surface area contributed by atoms with Gasteiger partial charge in [0, 0.05) is 12.1 Å². The minimum absolute atomic E-state index is 0.109. The first-order chi connectivity index (χ1) is 10.1. The molecule has 0 bridgehead atoms. The molecular formula is C16H23NO4. The average molecular weight is 293 g/mol. The van der Waals surface area contributed by atoms with Crippen LogP contribution >= 0.6 is 0 Å². The van der Waals surface area contributed by atoms with Gasteiger partial charge in [0.2, 0.25) is 0 Å². The molecule has 2 rings (SSSR count). The Morgan fingerprint density at radius 1 is 1.19 bits per heavy atom. The van der Waals surface area contributed by atoms with Crippen molar-refractivity contribution in [3.05, 3.63) is 23.8 Å². The molecule has 1 saturated carbocycles. The van der Waals surface area contributed by atoms with Crippen molar-refractivity contribution in [2.75, 3.05) is 20.8 Å². The highest BCUT2D eigenvalue weighted by molar-refractivity contribution is 5.94. The van der Waals surface area contributed by atoms with Crippen LogP contribution in [0.4, 0.5) is 0 Å². The van der Waals surface area contributed by atoms with Crippen molar-refractivity contribution in [3.63, 3.8) is 0 Å². The smallest absolute Gasteiger partial charge is 0.251 e. The minimum Gasteiger partial charge on any atom is -0.493 e. The summed E-state index contributed by atoms with van der Waals surface area (Å²) < 4.78 is 10.4. The third-order valence-electron chi connectivity index (χ3n) is 4.01. The maximum absolute atomic E-state index is 12.2. The fraction of sp³-hybridized carbons (Fsp3) is 0.562. The second kappa shape index (κ2) is 7.31. The predicted octanol–water partition coefficient (Wildman–Crippen LogP) is 1.98. The molecule has 0 radical (unpaired) electrons. The van der Waals surface area contributed by atoms with Crippen LogP contribution in [0.3, 0.4) is 0 Å². The van der Waals surface area contributed by atoms with Gasteiger partial charge in [-0.15, -0.1) is 0 Å². The number of ether oxygens (including phenoxy) is 2. The van der Waals surface area contributed by atoms with Crippen molar-refractivity contribution in [2.24, 2.45) is 5.92 Å². The molecular weight excluding hydrogens is 270 g/mol. The zero-order chi connectivity index (χ0) is 15.2. The van der Waals surface area contributed by atoms with Crippen LogP contribution in [-0.2, 0) is 0 Å². The molecule has 0 aliphatic heterocycles. The van der Waals surface area contributed by atoms with E-state index in [-0.39, 0.29) is 12.0 Å². The van der Waals surface area contributed by atoms with Gasteiger partial charge in [-0.2, -0.15) is 0 Å². The third kappa shape index (κ3) is 4.11. The predicted molar refractivity (Wildman–Crippen MR) is 79.8 cm³/mol. The van der Waals surface area contributed by atoms with Gasteiger partial charge in [-0.25, -0.2) is 0 Å². The average Bonchev–Trinajstić information content (AvgIpc) is 2.53. The molecule has 0 spiro atoms. The van der Waals surface area contributed by atoms with Crippen LogP contribution in [0.5, 0.6) is 11.5 Å². The van der Waals surface area contributed by atoms with Crippen LogP contribution in [0.1, 0.15) is 36.0 Å². The third-order valence-corrected chi connectivity index (χ3v) is 4.01. The molecule has 2 N–H and O–H groups in total. The number of carbonyl (C=O) groups excluding carboxylic acids is 1. The van der Waals surface area contributed by atoms with Crippen molar-refractivity contribution in [3.8, 4) is 11.5 Å². The molecule has 116 valence electrons. The van der Waals surface area contributed by atoms with Crippen molar-refractivity contribution >= 4 is 5.91 Å². The number of methoxy groups -OCH3 is 2. The van der Waals surface area contributed by atoms with Crippen LogP contribution in [0, 0.1) is 5.92 Å². The summed E-state index contributed by atoms with van der Waals surface area (Å²) in [5.41, 5.74) is 0.559. The van der Waals surface area contributed by atoms with Crippen molar-refractivity contribution in [1.29, 1.82) is 0 Å². The zero-order valence-corrected chi connectivity index (χ0v) is 12.6. The molecule has 1 fully saturated rings. The molecule has 0 unspecified atom stereocenters. The van der Waals surface area contributed by atoms with E-state index in [2.05, 4.69) is 5.32 Å². The minimum atomic E-state index is -0.164. The lowest BCUT2D eigenvalue weighted by molar-refractivity contribution is 0.0910. The molecule has 0 heterocycles. The standard InChI is InChI=1S/C16H23NO4/c1-20-14-8-5-12(9-15(14)21-2)16(19)17-10-11-3-6-13(18)7-4-11/h5,8-9,11,13,18H,3-4,6-7,10H2,1-2H3,(H,17,19). The van der Waals surface area contributed by atoms with Gasteiger partial charge in [-0.05, 0) is 49.8 Å². The van der Waals surface area contributed by atoms with Crippen LogP contribution in [0.2, 0.25) is 0 Å². The number of nitrogens with one attached hydrogen (secondary N) is 1. The van der Waals surface area contributed by atoms with E-state index in [1.54, 1.807) is 32.4 Å². The van der Waals surface area contributed by atoms with Gasteiger partial charge in [-0.1, -0.05) is 0 Å². The molecule has 1 aliphatic rings. The van der Waals surface area contributed by atoms with Gasteiger partial charge in [0.25, 0.3) is 5.91 Å². The summed E-state index contributed by atoms with van der Waals surface area (Å²) in [6.45, 7) is 0.653. The van der Waals surface area contributed by atoms with E-state index >= 15 is 0 Å². The summed E-state index contributed by atoms with van der Waals surface area (Å²) in [6.07, 6.45) is 3.43. The zero-order valence-electron chi connectivity index (χ0n) is 12.6. The topological polar surface area (TPSA) is 67.8 Å². The molecule has 1 aromatic carbocycles. The highest BCUT2D eigenvalue weighted by atomic mass is 16.5. The molecule has 5 nitrogen and oxygen atoms in total. The lowest BCUT2D eigenvalue weighted by Crippen LogP contribution is -2.32. The van der Waals surface area contributed by atoms with Crippen LogP contribution < -0.4 is 14.8 Å². The molecule has 1 aliphatic carbocycles. The first-order valence-corrected chi connectivity index (χ1v) is 7.32. The Kier molecular flexibility index (Phi) is 5.44. The molecule has 0 aromatic heterocycles. The highest BCUT2D eigenvalue weighted by Gasteiger charge is 2.20. The molecule has 1 amide bonds. The Morgan fingerprint density at radius 2 is 1.86 bits per heavy atom. The maximum atomic E-state index is 12.2. The molecule has 0 saturated heterocycles. The largest absolute Gasteiger partial charge is 0.493 e. The normalized spacial score (nSPS) is 21.7. The SMILES string of the molecule is COc1ccc(C(=O)NCC2CCC(O)CC2)cc1OC. The Bertz CT molecular complexity index is 481. The van der Waals surface area contributed by atoms with Crippen molar-refractivity contribution < 1.29 is 19.4 Å². The fourth-order valence-electron chi connectivity index (χ4n) is 2.67. The van der Waals surface area contributed by atoms with Gasteiger partial charge >= 0.3 is 0 Å². The number of aliphatic hydroxyl groups is 1. The van der Waals surface area contributed by atoms with E-state index in [0.29, 0.717) is 29.5 Å². The summed E-state index contributed by atoms with van der Waals surface area (Å²) in [6, 6.07) is 5.13. The second-order valence-electron chi connectivity index (χ2n) is 5.45. The molecule has 0 atom stereocenters. The number of rotatable bonds is 5. The lowest BCUT2D eigenvalue weighted by Gasteiger charge is -2.25. The van der Waals surface area contributed by atoms with E-state index in [9.17, 15) is 9.90 Å². The Hall–Kier alpha value is -1.75. The van der Waals surface area contributed by atoms with E-state index in [0.717, 1.165) is 25.7 Å². The lowest BCUT2D eigenvalue weighted by atomic mass is 9.87. The van der Waals surface area contributed by atoms with E-state index in [1.807, 2.05) is 0 Å². The van der Waals surface area contributed by atoms with E-state index < -0.39 is 0 Å². The summed E-state index contributed by atoms with van der Waals surface area (Å²) in [7, 11) is 3.11. The Morgan fingerprint density at radius 3 is 2.48 bits per heavy atom. The Balaban J connectivity index is 1.91. The number of aliphatic hydroxyl groups excluding tert-OH is 1. The molecule has 1 aromatic rings. The fourth-order valence-corrected chi connectivity index (χ4v) is 2.67. The van der Waals surface area contributed by atoms with Crippen LogP contribution in [0.15, 0.2) is 18.2 Å². The molecule has 5 heteroatoms.